The molecule has 1 heterocycles. The summed E-state index contributed by atoms with van der Waals surface area (Å²) in [5.41, 5.74) is 6.79. The number of hydrogen-bond acceptors (Lipinski definition) is 3. The molecule has 1 rings (SSSR count). The molecule has 13 heavy (non-hydrogen) atoms. The molecule has 1 aromatic rings. The standard InChI is InChI=1S/C9H13ClN2O/c10-9-4-3-7(6-12-9)8(11)2-1-5-13/h3-4,6,8,13H,1-2,5,11H2/t8-/m0/s1. The first-order chi connectivity index (χ1) is 6.24. The van der Waals surface area contributed by atoms with Crippen molar-refractivity contribution in [3.05, 3.63) is 29.0 Å². The third-order valence-corrected chi connectivity index (χ3v) is 2.08. The van der Waals surface area contributed by atoms with Gasteiger partial charge in [-0.15, -0.1) is 0 Å². The van der Waals surface area contributed by atoms with Gasteiger partial charge in [-0.05, 0) is 24.5 Å². The van der Waals surface area contributed by atoms with Gasteiger partial charge in [-0.3, -0.25) is 0 Å². The van der Waals surface area contributed by atoms with Crippen molar-refractivity contribution in [2.75, 3.05) is 6.61 Å². The number of aliphatic hydroxyl groups excluding tert-OH is 1. The van der Waals surface area contributed by atoms with Gasteiger partial charge in [-0.1, -0.05) is 17.7 Å². The van der Waals surface area contributed by atoms with Crippen molar-refractivity contribution in [3.63, 3.8) is 0 Å². The SMILES string of the molecule is N[C@@H](CCCO)c1ccc(Cl)nc1. The summed E-state index contributed by atoms with van der Waals surface area (Å²) in [6.45, 7) is 0.175. The van der Waals surface area contributed by atoms with E-state index in [1.807, 2.05) is 6.07 Å². The van der Waals surface area contributed by atoms with Crippen molar-refractivity contribution < 1.29 is 5.11 Å². The van der Waals surface area contributed by atoms with E-state index >= 15 is 0 Å². The van der Waals surface area contributed by atoms with E-state index in [0.717, 1.165) is 12.0 Å². The molecule has 0 saturated carbocycles. The number of hydrogen-bond donors (Lipinski definition) is 2. The van der Waals surface area contributed by atoms with Crippen LogP contribution in [0.3, 0.4) is 0 Å². The first-order valence-corrected chi connectivity index (χ1v) is 4.59. The third kappa shape index (κ3) is 3.30. The van der Waals surface area contributed by atoms with E-state index in [1.165, 1.54) is 0 Å². The van der Waals surface area contributed by atoms with Crippen LogP contribution in [0, 0.1) is 0 Å². The van der Waals surface area contributed by atoms with Gasteiger partial charge < -0.3 is 10.8 Å². The Morgan fingerprint density at radius 1 is 1.54 bits per heavy atom. The van der Waals surface area contributed by atoms with Gasteiger partial charge in [0, 0.05) is 18.8 Å². The highest BCUT2D eigenvalue weighted by molar-refractivity contribution is 6.29. The van der Waals surface area contributed by atoms with Gasteiger partial charge in [0.1, 0.15) is 5.15 Å². The molecular formula is C9H13ClN2O. The second-order valence-corrected chi connectivity index (χ2v) is 3.27. The quantitative estimate of drug-likeness (QED) is 0.725. The Labute approximate surface area is 82.5 Å². The molecule has 0 amide bonds. The highest BCUT2D eigenvalue weighted by atomic mass is 35.5. The number of aromatic nitrogens is 1. The minimum absolute atomic E-state index is 0.0584. The molecule has 3 nitrogen and oxygen atoms in total. The van der Waals surface area contributed by atoms with Gasteiger partial charge in [0.15, 0.2) is 0 Å². The minimum Gasteiger partial charge on any atom is -0.396 e. The van der Waals surface area contributed by atoms with Crippen molar-refractivity contribution in [2.45, 2.75) is 18.9 Å². The highest BCUT2D eigenvalue weighted by Gasteiger charge is 2.05. The first kappa shape index (κ1) is 10.4. The van der Waals surface area contributed by atoms with Crippen LogP contribution in [0.5, 0.6) is 0 Å². The molecule has 0 aliphatic rings. The molecule has 0 bridgehead atoms. The summed E-state index contributed by atoms with van der Waals surface area (Å²) in [7, 11) is 0. The predicted octanol–water partition coefficient (Wildman–Crippen LogP) is 1.51. The van der Waals surface area contributed by atoms with Crippen molar-refractivity contribution in [3.8, 4) is 0 Å². The highest BCUT2D eigenvalue weighted by Crippen LogP contribution is 2.15. The lowest BCUT2D eigenvalue weighted by atomic mass is 10.1. The van der Waals surface area contributed by atoms with Crippen LogP contribution < -0.4 is 5.73 Å². The molecule has 1 atom stereocenters. The van der Waals surface area contributed by atoms with E-state index in [-0.39, 0.29) is 12.6 Å². The van der Waals surface area contributed by atoms with Crippen LogP contribution in [0.2, 0.25) is 5.15 Å². The summed E-state index contributed by atoms with van der Waals surface area (Å²) in [6.07, 6.45) is 3.15. The Morgan fingerprint density at radius 2 is 2.31 bits per heavy atom. The molecule has 0 saturated heterocycles. The van der Waals surface area contributed by atoms with E-state index in [4.69, 9.17) is 22.4 Å². The number of aliphatic hydroxyl groups is 1. The van der Waals surface area contributed by atoms with Crippen LogP contribution in [0.4, 0.5) is 0 Å². The fraction of sp³-hybridized carbons (Fsp3) is 0.444. The van der Waals surface area contributed by atoms with E-state index in [2.05, 4.69) is 4.98 Å². The molecule has 0 aliphatic heterocycles. The topological polar surface area (TPSA) is 59.1 Å². The van der Waals surface area contributed by atoms with Gasteiger partial charge in [0.25, 0.3) is 0 Å². The number of nitrogens with two attached hydrogens (primary N) is 1. The number of pyridine rings is 1. The lowest BCUT2D eigenvalue weighted by Crippen LogP contribution is -2.10. The molecule has 0 aliphatic carbocycles. The van der Waals surface area contributed by atoms with Crippen LogP contribution in [0.15, 0.2) is 18.3 Å². The Morgan fingerprint density at radius 3 is 2.85 bits per heavy atom. The normalized spacial score (nSPS) is 12.8. The first-order valence-electron chi connectivity index (χ1n) is 4.22. The van der Waals surface area contributed by atoms with Crippen molar-refractivity contribution in [1.29, 1.82) is 0 Å². The Bertz CT molecular complexity index is 250. The Balaban J connectivity index is 2.55. The van der Waals surface area contributed by atoms with E-state index in [1.54, 1.807) is 12.3 Å². The fourth-order valence-corrected chi connectivity index (χ4v) is 1.20. The molecule has 0 unspecified atom stereocenters. The van der Waals surface area contributed by atoms with E-state index in [0.29, 0.717) is 11.6 Å². The van der Waals surface area contributed by atoms with Crippen LogP contribution >= 0.6 is 11.6 Å². The van der Waals surface area contributed by atoms with Crippen LogP contribution in [0.1, 0.15) is 24.4 Å². The second-order valence-electron chi connectivity index (χ2n) is 2.89. The average molecular weight is 201 g/mol. The van der Waals surface area contributed by atoms with Crippen LogP contribution in [-0.4, -0.2) is 16.7 Å². The molecule has 4 heteroatoms. The zero-order valence-corrected chi connectivity index (χ0v) is 8.04. The zero-order valence-electron chi connectivity index (χ0n) is 7.28. The molecule has 0 radical (unpaired) electrons. The summed E-state index contributed by atoms with van der Waals surface area (Å²) in [4.78, 5) is 3.93. The lowest BCUT2D eigenvalue weighted by molar-refractivity contribution is 0.280. The third-order valence-electron chi connectivity index (χ3n) is 1.85. The molecule has 72 valence electrons. The summed E-state index contributed by atoms with van der Waals surface area (Å²) < 4.78 is 0. The van der Waals surface area contributed by atoms with Crippen molar-refractivity contribution >= 4 is 11.6 Å². The van der Waals surface area contributed by atoms with Crippen molar-refractivity contribution in [1.82, 2.24) is 4.98 Å². The molecule has 0 fully saturated rings. The molecule has 3 N–H and O–H groups in total. The zero-order chi connectivity index (χ0) is 9.68. The van der Waals surface area contributed by atoms with E-state index < -0.39 is 0 Å². The number of nitrogens with zero attached hydrogens (tertiary/aromatic N) is 1. The maximum Gasteiger partial charge on any atom is 0.129 e. The van der Waals surface area contributed by atoms with Gasteiger partial charge in [0.05, 0.1) is 0 Å². The van der Waals surface area contributed by atoms with Crippen LogP contribution in [-0.2, 0) is 0 Å². The smallest absolute Gasteiger partial charge is 0.129 e. The summed E-state index contributed by atoms with van der Waals surface area (Å²) in [6, 6.07) is 3.52. The molecule has 0 aromatic carbocycles. The minimum atomic E-state index is -0.0584. The average Bonchev–Trinajstić information content (AvgIpc) is 2.15. The fourth-order valence-electron chi connectivity index (χ4n) is 1.08. The molecule has 0 spiro atoms. The van der Waals surface area contributed by atoms with Gasteiger partial charge in [0.2, 0.25) is 0 Å². The Kier molecular flexibility index (Phi) is 4.15. The summed E-state index contributed by atoms with van der Waals surface area (Å²) in [5, 5.41) is 9.08. The number of halogens is 1. The van der Waals surface area contributed by atoms with Gasteiger partial charge in [-0.25, -0.2) is 4.98 Å². The van der Waals surface area contributed by atoms with E-state index in [9.17, 15) is 0 Å². The monoisotopic (exact) mass is 200 g/mol. The second kappa shape index (κ2) is 5.17. The predicted molar refractivity (Wildman–Crippen MR) is 52.5 cm³/mol. The van der Waals surface area contributed by atoms with Crippen LogP contribution in [0.25, 0.3) is 0 Å². The largest absolute Gasteiger partial charge is 0.396 e. The lowest BCUT2D eigenvalue weighted by Gasteiger charge is -2.09. The Hall–Kier alpha value is -0.640. The maximum absolute atomic E-state index is 8.61. The summed E-state index contributed by atoms with van der Waals surface area (Å²) >= 11 is 5.63. The number of rotatable bonds is 4. The molecular weight excluding hydrogens is 188 g/mol. The summed E-state index contributed by atoms with van der Waals surface area (Å²) in [5.74, 6) is 0. The van der Waals surface area contributed by atoms with Gasteiger partial charge in [-0.2, -0.15) is 0 Å². The molecule has 1 aromatic heterocycles. The van der Waals surface area contributed by atoms with Gasteiger partial charge >= 0.3 is 0 Å². The maximum atomic E-state index is 8.61. The van der Waals surface area contributed by atoms with Crippen molar-refractivity contribution in [2.24, 2.45) is 5.73 Å².